The van der Waals surface area contributed by atoms with Crippen LogP contribution in [-0.4, -0.2) is 4.92 Å². The predicted octanol–water partition coefficient (Wildman–Crippen LogP) is 3.82. The van der Waals surface area contributed by atoms with Crippen molar-refractivity contribution in [3.8, 4) is 0 Å². The van der Waals surface area contributed by atoms with Crippen LogP contribution in [-0.2, 0) is 6.54 Å². The molecule has 0 aliphatic carbocycles. The van der Waals surface area contributed by atoms with Crippen molar-refractivity contribution in [2.75, 3.05) is 5.32 Å². The van der Waals surface area contributed by atoms with Gasteiger partial charge in [-0.3, -0.25) is 10.1 Å². The standard InChI is InChI=1S/C15H16N2O2/c1-11-7-8-14(12(2)9-11)16-10-13-5-3-4-6-15(13)17(18)19/h3-9,16H,10H2,1-2H3. The number of nitro groups is 1. The van der Waals surface area contributed by atoms with E-state index in [1.165, 1.54) is 11.6 Å². The van der Waals surface area contributed by atoms with Crippen molar-refractivity contribution in [2.45, 2.75) is 20.4 Å². The van der Waals surface area contributed by atoms with Crippen LogP contribution < -0.4 is 5.32 Å². The molecule has 0 aliphatic rings. The van der Waals surface area contributed by atoms with Gasteiger partial charge in [-0.25, -0.2) is 0 Å². The molecule has 0 aliphatic heterocycles. The molecule has 0 saturated heterocycles. The average molecular weight is 256 g/mol. The van der Waals surface area contributed by atoms with Gasteiger partial charge in [-0.15, -0.1) is 0 Å². The summed E-state index contributed by atoms with van der Waals surface area (Å²) >= 11 is 0. The number of anilines is 1. The van der Waals surface area contributed by atoms with Gasteiger partial charge in [-0.1, -0.05) is 35.9 Å². The van der Waals surface area contributed by atoms with Crippen LogP contribution in [0.2, 0.25) is 0 Å². The maximum atomic E-state index is 10.9. The molecular formula is C15H16N2O2. The fourth-order valence-electron chi connectivity index (χ4n) is 2.04. The number of nitro benzene ring substituents is 1. The van der Waals surface area contributed by atoms with Gasteiger partial charge >= 0.3 is 0 Å². The number of para-hydroxylation sites is 1. The largest absolute Gasteiger partial charge is 0.380 e. The zero-order chi connectivity index (χ0) is 13.8. The van der Waals surface area contributed by atoms with Crippen molar-refractivity contribution in [3.63, 3.8) is 0 Å². The van der Waals surface area contributed by atoms with Gasteiger partial charge in [0.1, 0.15) is 0 Å². The summed E-state index contributed by atoms with van der Waals surface area (Å²) < 4.78 is 0. The summed E-state index contributed by atoms with van der Waals surface area (Å²) in [5.41, 5.74) is 4.18. The Balaban J connectivity index is 2.17. The fourth-order valence-corrected chi connectivity index (χ4v) is 2.04. The van der Waals surface area contributed by atoms with Crippen LogP contribution in [0.4, 0.5) is 11.4 Å². The van der Waals surface area contributed by atoms with E-state index in [1.54, 1.807) is 12.1 Å². The minimum absolute atomic E-state index is 0.153. The Morgan fingerprint density at radius 1 is 1.16 bits per heavy atom. The molecule has 4 nitrogen and oxygen atoms in total. The average Bonchev–Trinajstić information content (AvgIpc) is 2.38. The van der Waals surface area contributed by atoms with Crippen LogP contribution >= 0.6 is 0 Å². The van der Waals surface area contributed by atoms with Crippen LogP contribution in [0, 0.1) is 24.0 Å². The minimum Gasteiger partial charge on any atom is -0.380 e. The van der Waals surface area contributed by atoms with E-state index >= 15 is 0 Å². The summed E-state index contributed by atoms with van der Waals surface area (Å²) in [6.45, 7) is 4.51. The highest BCUT2D eigenvalue weighted by atomic mass is 16.6. The maximum Gasteiger partial charge on any atom is 0.274 e. The molecule has 2 aromatic carbocycles. The third-order valence-electron chi connectivity index (χ3n) is 3.04. The number of aryl methyl sites for hydroxylation is 2. The van der Waals surface area contributed by atoms with Crippen LogP contribution in [0.25, 0.3) is 0 Å². The number of benzene rings is 2. The molecule has 4 heteroatoms. The Hall–Kier alpha value is -2.36. The minimum atomic E-state index is -0.348. The highest BCUT2D eigenvalue weighted by Crippen LogP contribution is 2.21. The number of nitrogens with zero attached hydrogens (tertiary/aromatic N) is 1. The molecule has 19 heavy (non-hydrogen) atoms. The summed E-state index contributed by atoms with van der Waals surface area (Å²) in [6.07, 6.45) is 0. The highest BCUT2D eigenvalue weighted by molar-refractivity contribution is 5.53. The molecule has 0 spiro atoms. The lowest BCUT2D eigenvalue weighted by Crippen LogP contribution is -2.04. The number of rotatable bonds is 4. The van der Waals surface area contributed by atoms with Gasteiger partial charge in [0.2, 0.25) is 0 Å². The zero-order valence-corrected chi connectivity index (χ0v) is 11.0. The lowest BCUT2D eigenvalue weighted by atomic mass is 10.1. The molecule has 0 saturated carbocycles. The first-order valence-corrected chi connectivity index (χ1v) is 6.11. The molecule has 0 heterocycles. The van der Waals surface area contributed by atoms with Crippen molar-refractivity contribution >= 4 is 11.4 Å². The summed E-state index contributed by atoms with van der Waals surface area (Å²) in [6, 6.07) is 12.9. The Kier molecular flexibility index (Phi) is 3.80. The lowest BCUT2D eigenvalue weighted by Gasteiger charge is -2.10. The van der Waals surface area contributed by atoms with Crippen LogP contribution in [0.5, 0.6) is 0 Å². The maximum absolute atomic E-state index is 10.9. The van der Waals surface area contributed by atoms with Crippen molar-refractivity contribution in [1.82, 2.24) is 0 Å². The van der Waals surface area contributed by atoms with Crippen molar-refractivity contribution in [2.24, 2.45) is 0 Å². The predicted molar refractivity (Wildman–Crippen MR) is 76.3 cm³/mol. The fraction of sp³-hybridized carbons (Fsp3) is 0.200. The number of hydrogen-bond acceptors (Lipinski definition) is 3. The third-order valence-corrected chi connectivity index (χ3v) is 3.04. The Bertz CT molecular complexity index is 609. The highest BCUT2D eigenvalue weighted by Gasteiger charge is 2.11. The number of hydrogen-bond donors (Lipinski definition) is 1. The molecule has 2 rings (SSSR count). The lowest BCUT2D eigenvalue weighted by molar-refractivity contribution is -0.385. The van der Waals surface area contributed by atoms with Gasteiger partial charge in [0.15, 0.2) is 0 Å². The second kappa shape index (κ2) is 5.52. The molecular weight excluding hydrogens is 240 g/mol. The molecule has 0 aromatic heterocycles. The molecule has 98 valence electrons. The van der Waals surface area contributed by atoms with Crippen molar-refractivity contribution in [1.29, 1.82) is 0 Å². The van der Waals surface area contributed by atoms with Gasteiger partial charge in [0.05, 0.1) is 4.92 Å². The Labute approximate surface area is 112 Å². The first-order chi connectivity index (χ1) is 9.08. The monoisotopic (exact) mass is 256 g/mol. The summed E-state index contributed by atoms with van der Waals surface area (Å²) in [5.74, 6) is 0. The van der Waals surface area contributed by atoms with Crippen molar-refractivity contribution in [3.05, 3.63) is 69.3 Å². The van der Waals surface area contributed by atoms with Gasteiger partial charge in [0, 0.05) is 23.9 Å². The molecule has 0 radical (unpaired) electrons. The van der Waals surface area contributed by atoms with E-state index in [1.807, 2.05) is 32.0 Å². The summed E-state index contributed by atoms with van der Waals surface area (Å²) in [7, 11) is 0. The quantitative estimate of drug-likeness (QED) is 0.668. The molecule has 0 atom stereocenters. The van der Waals surface area contributed by atoms with Crippen LogP contribution in [0.1, 0.15) is 16.7 Å². The van der Waals surface area contributed by atoms with Gasteiger partial charge in [-0.05, 0) is 25.5 Å². The van der Waals surface area contributed by atoms with E-state index in [0.29, 0.717) is 12.1 Å². The van der Waals surface area contributed by atoms with Crippen molar-refractivity contribution < 1.29 is 4.92 Å². The molecule has 2 aromatic rings. The van der Waals surface area contributed by atoms with E-state index in [0.717, 1.165) is 11.3 Å². The zero-order valence-electron chi connectivity index (χ0n) is 11.0. The SMILES string of the molecule is Cc1ccc(NCc2ccccc2[N+](=O)[O-])c(C)c1. The smallest absolute Gasteiger partial charge is 0.274 e. The molecule has 1 N–H and O–H groups in total. The van der Waals surface area contributed by atoms with E-state index in [2.05, 4.69) is 11.4 Å². The van der Waals surface area contributed by atoms with E-state index < -0.39 is 0 Å². The molecule has 0 amide bonds. The van der Waals surface area contributed by atoms with Crippen LogP contribution in [0.3, 0.4) is 0 Å². The topological polar surface area (TPSA) is 55.2 Å². The normalized spacial score (nSPS) is 10.2. The third kappa shape index (κ3) is 3.10. The van der Waals surface area contributed by atoms with E-state index in [9.17, 15) is 10.1 Å². The van der Waals surface area contributed by atoms with Gasteiger partial charge in [0.25, 0.3) is 5.69 Å². The molecule has 0 fully saturated rings. The first kappa shape index (κ1) is 13.1. The second-order valence-corrected chi connectivity index (χ2v) is 4.56. The van der Waals surface area contributed by atoms with Crippen LogP contribution in [0.15, 0.2) is 42.5 Å². The number of nitrogens with one attached hydrogen (secondary N) is 1. The van der Waals surface area contributed by atoms with E-state index in [4.69, 9.17) is 0 Å². The second-order valence-electron chi connectivity index (χ2n) is 4.56. The van der Waals surface area contributed by atoms with Gasteiger partial charge in [-0.2, -0.15) is 0 Å². The summed E-state index contributed by atoms with van der Waals surface area (Å²) in [4.78, 5) is 10.6. The first-order valence-electron chi connectivity index (χ1n) is 6.11. The Morgan fingerprint density at radius 2 is 1.89 bits per heavy atom. The van der Waals surface area contributed by atoms with Gasteiger partial charge < -0.3 is 5.32 Å². The Morgan fingerprint density at radius 3 is 2.58 bits per heavy atom. The summed E-state index contributed by atoms with van der Waals surface area (Å²) in [5, 5.41) is 14.2. The molecule has 0 unspecified atom stereocenters. The van der Waals surface area contributed by atoms with E-state index in [-0.39, 0.29) is 10.6 Å². The molecule has 0 bridgehead atoms.